The van der Waals surface area contributed by atoms with Gasteiger partial charge in [-0.05, 0) is 17.7 Å². The van der Waals surface area contributed by atoms with Crippen LogP contribution < -0.4 is 9.47 Å². The molecule has 5 heteroatoms. The predicted molar refractivity (Wildman–Crippen MR) is 52.4 cm³/mol. The van der Waals surface area contributed by atoms with Crippen molar-refractivity contribution in [2.75, 3.05) is 14.2 Å². The number of rotatable bonds is 4. The largest absolute Gasteiger partial charge is 0.506 e. The Morgan fingerprint density at radius 2 is 1.93 bits per heavy atom. The summed E-state index contributed by atoms with van der Waals surface area (Å²) < 4.78 is 14.5. The summed E-state index contributed by atoms with van der Waals surface area (Å²) in [6, 6.07) is 5.07. The average molecular weight is 212 g/mol. The maximum Gasteiger partial charge on any atom is 0.506 e. The van der Waals surface area contributed by atoms with Gasteiger partial charge in [0, 0.05) is 0 Å². The van der Waals surface area contributed by atoms with Crippen molar-refractivity contribution in [3.05, 3.63) is 23.8 Å². The first-order valence-electron chi connectivity index (χ1n) is 4.24. The lowest BCUT2D eigenvalue weighted by Gasteiger charge is -2.08. The zero-order valence-corrected chi connectivity index (χ0v) is 8.52. The molecule has 0 heterocycles. The van der Waals surface area contributed by atoms with Crippen LogP contribution in [0.5, 0.6) is 11.5 Å². The topological polar surface area (TPSA) is 65.0 Å². The van der Waals surface area contributed by atoms with Crippen LogP contribution in [0, 0.1) is 0 Å². The number of carboxylic acid groups (broad SMARTS) is 1. The summed E-state index contributed by atoms with van der Waals surface area (Å²) in [5.41, 5.74) is 0.704. The van der Waals surface area contributed by atoms with Gasteiger partial charge in [0.15, 0.2) is 11.5 Å². The van der Waals surface area contributed by atoms with E-state index in [4.69, 9.17) is 14.6 Å². The van der Waals surface area contributed by atoms with Gasteiger partial charge in [0.1, 0.15) is 6.61 Å². The van der Waals surface area contributed by atoms with Crippen molar-refractivity contribution in [2.24, 2.45) is 0 Å². The smallest absolute Gasteiger partial charge is 0.493 e. The summed E-state index contributed by atoms with van der Waals surface area (Å²) in [5, 5.41) is 8.32. The number of carbonyl (C=O) groups is 1. The third-order valence-corrected chi connectivity index (χ3v) is 1.81. The van der Waals surface area contributed by atoms with Gasteiger partial charge in [-0.2, -0.15) is 0 Å². The molecule has 0 saturated heterocycles. The van der Waals surface area contributed by atoms with E-state index in [1.165, 1.54) is 14.2 Å². The van der Waals surface area contributed by atoms with Crippen LogP contribution in [0.1, 0.15) is 5.56 Å². The molecule has 0 saturated carbocycles. The number of ether oxygens (including phenoxy) is 3. The summed E-state index contributed by atoms with van der Waals surface area (Å²) in [6.07, 6.45) is -1.30. The molecule has 0 aromatic heterocycles. The van der Waals surface area contributed by atoms with E-state index < -0.39 is 6.16 Å². The second kappa shape index (κ2) is 5.09. The first-order valence-corrected chi connectivity index (χ1v) is 4.24. The van der Waals surface area contributed by atoms with Crippen LogP contribution in [0.2, 0.25) is 0 Å². The molecule has 0 aliphatic carbocycles. The molecule has 1 rings (SSSR count). The molecule has 0 aliphatic heterocycles. The van der Waals surface area contributed by atoms with E-state index in [0.29, 0.717) is 17.1 Å². The van der Waals surface area contributed by atoms with Crippen molar-refractivity contribution in [3.63, 3.8) is 0 Å². The van der Waals surface area contributed by atoms with Gasteiger partial charge in [-0.1, -0.05) is 6.07 Å². The molecule has 0 bridgehead atoms. The first-order chi connectivity index (χ1) is 7.17. The Hall–Kier alpha value is -1.91. The molecule has 15 heavy (non-hydrogen) atoms. The molecule has 0 fully saturated rings. The van der Waals surface area contributed by atoms with Crippen molar-refractivity contribution >= 4 is 6.16 Å². The van der Waals surface area contributed by atoms with Gasteiger partial charge in [0.25, 0.3) is 0 Å². The summed E-state index contributed by atoms with van der Waals surface area (Å²) in [5.74, 6) is 1.14. The average Bonchev–Trinajstić information content (AvgIpc) is 2.25. The monoisotopic (exact) mass is 212 g/mol. The fourth-order valence-electron chi connectivity index (χ4n) is 1.12. The fraction of sp³-hybridized carbons (Fsp3) is 0.300. The van der Waals surface area contributed by atoms with Gasteiger partial charge >= 0.3 is 6.16 Å². The third-order valence-electron chi connectivity index (χ3n) is 1.81. The minimum atomic E-state index is -1.30. The van der Waals surface area contributed by atoms with Gasteiger partial charge in [0.05, 0.1) is 14.2 Å². The molecule has 1 aromatic carbocycles. The molecule has 1 N–H and O–H groups in total. The highest BCUT2D eigenvalue weighted by atomic mass is 16.7. The second-order valence-electron chi connectivity index (χ2n) is 2.74. The standard InChI is InChI=1S/C10H12O5/c1-13-8-4-3-7(5-9(8)14-2)6-15-10(11)12/h3-5H,6H2,1-2H3,(H,11,12). The van der Waals surface area contributed by atoms with Gasteiger partial charge in [-0.25, -0.2) is 4.79 Å². The van der Waals surface area contributed by atoms with Gasteiger partial charge in [-0.15, -0.1) is 0 Å². The van der Waals surface area contributed by atoms with Gasteiger partial charge in [-0.3, -0.25) is 0 Å². The number of hydrogen-bond donors (Lipinski definition) is 1. The highest BCUT2D eigenvalue weighted by Gasteiger charge is 2.05. The van der Waals surface area contributed by atoms with Crippen molar-refractivity contribution < 1.29 is 24.1 Å². The van der Waals surface area contributed by atoms with E-state index in [0.717, 1.165) is 0 Å². The molecule has 1 aromatic rings. The Balaban J connectivity index is 2.78. The van der Waals surface area contributed by atoms with Crippen molar-refractivity contribution in [3.8, 4) is 11.5 Å². The van der Waals surface area contributed by atoms with Crippen molar-refractivity contribution in [2.45, 2.75) is 6.61 Å². The zero-order chi connectivity index (χ0) is 11.3. The Morgan fingerprint density at radius 3 is 2.47 bits per heavy atom. The molecule has 0 spiro atoms. The lowest BCUT2D eigenvalue weighted by molar-refractivity contribution is 0.0853. The van der Waals surface area contributed by atoms with Crippen LogP contribution in [0.4, 0.5) is 4.79 Å². The minimum Gasteiger partial charge on any atom is -0.493 e. The summed E-state index contributed by atoms with van der Waals surface area (Å²) >= 11 is 0. The number of methoxy groups -OCH3 is 2. The van der Waals surface area contributed by atoms with Crippen LogP contribution in [-0.2, 0) is 11.3 Å². The highest BCUT2D eigenvalue weighted by molar-refractivity contribution is 5.57. The van der Waals surface area contributed by atoms with Crippen LogP contribution in [0.15, 0.2) is 18.2 Å². The Morgan fingerprint density at radius 1 is 1.27 bits per heavy atom. The Kier molecular flexibility index (Phi) is 3.79. The third kappa shape index (κ3) is 3.05. The SMILES string of the molecule is COc1ccc(COC(=O)O)cc1OC. The van der Waals surface area contributed by atoms with Crippen LogP contribution in [0.25, 0.3) is 0 Å². The maximum absolute atomic E-state index is 10.2. The van der Waals surface area contributed by atoms with Gasteiger partial charge in [0.2, 0.25) is 0 Å². The van der Waals surface area contributed by atoms with Crippen LogP contribution >= 0.6 is 0 Å². The Labute approximate surface area is 87.2 Å². The summed E-state index contributed by atoms with van der Waals surface area (Å²) in [6.45, 7) is -0.00428. The second-order valence-corrected chi connectivity index (χ2v) is 2.74. The lowest BCUT2D eigenvalue weighted by Crippen LogP contribution is -2.00. The lowest BCUT2D eigenvalue weighted by atomic mass is 10.2. The quantitative estimate of drug-likeness (QED) is 0.772. The molecule has 5 nitrogen and oxygen atoms in total. The molecular weight excluding hydrogens is 200 g/mol. The van der Waals surface area contributed by atoms with E-state index in [9.17, 15) is 4.79 Å². The normalized spacial score (nSPS) is 9.47. The summed E-state index contributed by atoms with van der Waals surface area (Å²) in [4.78, 5) is 10.2. The van der Waals surface area contributed by atoms with Crippen LogP contribution in [0.3, 0.4) is 0 Å². The van der Waals surface area contributed by atoms with Gasteiger partial charge < -0.3 is 19.3 Å². The molecule has 0 unspecified atom stereocenters. The van der Waals surface area contributed by atoms with Crippen LogP contribution in [-0.4, -0.2) is 25.5 Å². The summed E-state index contributed by atoms with van der Waals surface area (Å²) in [7, 11) is 3.05. The molecule has 0 amide bonds. The molecule has 0 radical (unpaired) electrons. The van der Waals surface area contributed by atoms with E-state index in [1.807, 2.05) is 0 Å². The van der Waals surface area contributed by atoms with E-state index in [2.05, 4.69) is 4.74 Å². The predicted octanol–water partition coefficient (Wildman–Crippen LogP) is 1.90. The number of hydrogen-bond acceptors (Lipinski definition) is 4. The van der Waals surface area contributed by atoms with E-state index in [1.54, 1.807) is 18.2 Å². The molecule has 82 valence electrons. The first kappa shape index (κ1) is 11.2. The van der Waals surface area contributed by atoms with Crippen molar-refractivity contribution in [1.29, 1.82) is 0 Å². The molecule has 0 atom stereocenters. The highest BCUT2D eigenvalue weighted by Crippen LogP contribution is 2.27. The fourth-order valence-corrected chi connectivity index (χ4v) is 1.12. The minimum absolute atomic E-state index is 0.00428. The van der Waals surface area contributed by atoms with E-state index >= 15 is 0 Å². The van der Waals surface area contributed by atoms with Crippen molar-refractivity contribution in [1.82, 2.24) is 0 Å². The zero-order valence-electron chi connectivity index (χ0n) is 8.52. The number of benzene rings is 1. The Bertz CT molecular complexity index is 348. The van der Waals surface area contributed by atoms with E-state index in [-0.39, 0.29) is 6.61 Å². The molecular formula is C10H12O5. The molecule has 0 aliphatic rings. The maximum atomic E-state index is 10.2.